The van der Waals surface area contributed by atoms with E-state index < -0.39 is 5.76 Å². The van der Waals surface area contributed by atoms with Gasteiger partial charge in [0.2, 0.25) is 5.91 Å². The number of halogens is 2. The summed E-state index contributed by atoms with van der Waals surface area (Å²) < 4.78 is 24.7. The maximum absolute atomic E-state index is 12.4. The molecule has 0 saturated carbocycles. The summed E-state index contributed by atoms with van der Waals surface area (Å²) in [5, 5.41) is 4.20. The van der Waals surface area contributed by atoms with E-state index >= 15 is 0 Å². The maximum Gasteiger partial charge on any atom is 0.288 e. The van der Waals surface area contributed by atoms with E-state index in [-0.39, 0.29) is 11.7 Å². The van der Waals surface area contributed by atoms with Crippen molar-refractivity contribution in [3.05, 3.63) is 34.7 Å². The molecular formula is C19H18F2N4OS3. The minimum Gasteiger partial charge on any atom is -0.383 e. The topological polar surface area (TPSA) is 80.9 Å². The minimum atomic E-state index is -2.47. The number of benzene rings is 1. The fourth-order valence-corrected chi connectivity index (χ4v) is 5.75. The molecule has 1 aliphatic rings. The van der Waals surface area contributed by atoms with Gasteiger partial charge >= 0.3 is 0 Å². The molecule has 3 aromatic rings. The van der Waals surface area contributed by atoms with Gasteiger partial charge in [-0.3, -0.25) is 4.79 Å². The van der Waals surface area contributed by atoms with Crippen molar-refractivity contribution in [2.75, 3.05) is 16.8 Å². The van der Waals surface area contributed by atoms with Crippen LogP contribution in [0.15, 0.2) is 34.3 Å². The number of nitrogens with one attached hydrogen (secondary N) is 1. The van der Waals surface area contributed by atoms with Crippen LogP contribution in [0, 0.1) is 0 Å². The summed E-state index contributed by atoms with van der Waals surface area (Å²) in [6, 6.07) is 6.31. The Balaban J connectivity index is 1.39. The van der Waals surface area contributed by atoms with E-state index in [0.717, 1.165) is 29.5 Å². The Labute approximate surface area is 178 Å². The highest BCUT2D eigenvalue weighted by atomic mass is 32.2. The molecule has 0 aliphatic heterocycles. The zero-order valence-electron chi connectivity index (χ0n) is 15.3. The summed E-state index contributed by atoms with van der Waals surface area (Å²) in [5.74, 6) is -2.09. The lowest BCUT2D eigenvalue weighted by molar-refractivity contribution is -0.113. The van der Waals surface area contributed by atoms with E-state index in [2.05, 4.69) is 15.3 Å². The second-order valence-corrected chi connectivity index (χ2v) is 9.61. The van der Waals surface area contributed by atoms with Crippen LogP contribution < -0.4 is 11.1 Å². The number of amides is 1. The van der Waals surface area contributed by atoms with E-state index in [0.29, 0.717) is 33.3 Å². The molecule has 3 N–H and O–H groups in total. The summed E-state index contributed by atoms with van der Waals surface area (Å²) in [7, 11) is 0. The van der Waals surface area contributed by atoms with Gasteiger partial charge in [-0.1, -0.05) is 23.5 Å². The van der Waals surface area contributed by atoms with Gasteiger partial charge in [0.25, 0.3) is 5.76 Å². The molecule has 1 aromatic carbocycles. The van der Waals surface area contributed by atoms with E-state index in [1.807, 2.05) is 0 Å². The second kappa shape index (κ2) is 8.85. The monoisotopic (exact) mass is 452 g/mol. The molecule has 2 aromatic heterocycles. The van der Waals surface area contributed by atoms with Crippen molar-refractivity contribution < 1.29 is 13.6 Å². The molecule has 0 unspecified atom stereocenters. The molecular weight excluding hydrogens is 434 g/mol. The highest BCUT2D eigenvalue weighted by Gasteiger charge is 2.20. The maximum atomic E-state index is 12.4. The Morgan fingerprint density at radius 3 is 2.72 bits per heavy atom. The van der Waals surface area contributed by atoms with Gasteiger partial charge in [-0.25, -0.2) is 9.97 Å². The first-order valence-corrected chi connectivity index (χ1v) is 11.7. The molecule has 0 atom stereocenters. The van der Waals surface area contributed by atoms with Crippen LogP contribution in [0.2, 0.25) is 0 Å². The number of nitrogen functional groups attached to an aromatic ring is 1. The molecule has 10 heteroatoms. The fraction of sp³-hybridized carbons (Fsp3) is 0.316. The van der Waals surface area contributed by atoms with Crippen molar-refractivity contribution in [1.29, 1.82) is 0 Å². The molecule has 0 saturated heterocycles. The van der Waals surface area contributed by atoms with Gasteiger partial charge in [-0.15, -0.1) is 11.3 Å². The Morgan fingerprint density at radius 2 is 1.97 bits per heavy atom. The van der Waals surface area contributed by atoms with Crippen LogP contribution in [-0.2, 0) is 17.6 Å². The predicted octanol–water partition coefficient (Wildman–Crippen LogP) is 5.20. The number of aryl methyl sites for hydroxylation is 2. The summed E-state index contributed by atoms with van der Waals surface area (Å²) in [6.45, 7) is 0. The Morgan fingerprint density at radius 1 is 1.21 bits per heavy atom. The summed E-state index contributed by atoms with van der Waals surface area (Å²) in [5.41, 5.74) is 8.03. The first-order chi connectivity index (χ1) is 14.0. The molecule has 0 bridgehead atoms. The Hall–Kier alpha value is -1.91. The van der Waals surface area contributed by atoms with Gasteiger partial charge in [-0.05, 0) is 55.5 Å². The van der Waals surface area contributed by atoms with Crippen LogP contribution in [0.3, 0.4) is 0 Å². The van der Waals surface area contributed by atoms with E-state index in [4.69, 9.17) is 5.73 Å². The standard InChI is InChI=1S/C19H18F2N4OS3/c20-18(21)28-11-7-5-10(6-8-11)23-14(26)9-27-19-24-16(22)15-12-3-1-2-4-13(12)29-17(15)25-19/h5-8,18H,1-4,9H2,(H,23,26)(H2,22,24,25). The fourth-order valence-electron chi connectivity index (χ4n) is 3.28. The van der Waals surface area contributed by atoms with Crippen molar-refractivity contribution in [3.63, 3.8) is 0 Å². The number of anilines is 2. The highest BCUT2D eigenvalue weighted by molar-refractivity contribution is 8.00. The van der Waals surface area contributed by atoms with Crippen LogP contribution >= 0.6 is 34.9 Å². The lowest BCUT2D eigenvalue weighted by Crippen LogP contribution is -2.14. The van der Waals surface area contributed by atoms with Crippen LogP contribution in [0.5, 0.6) is 0 Å². The largest absolute Gasteiger partial charge is 0.383 e. The smallest absolute Gasteiger partial charge is 0.288 e. The van der Waals surface area contributed by atoms with Crippen LogP contribution in [0.25, 0.3) is 10.2 Å². The lowest BCUT2D eigenvalue weighted by atomic mass is 9.97. The van der Waals surface area contributed by atoms with Crippen molar-refractivity contribution in [2.24, 2.45) is 0 Å². The SMILES string of the molecule is Nc1nc(SCC(=O)Nc2ccc(SC(F)F)cc2)nc2sc3c(c12)CCCC3. The number of hydrogen-bond acceptors (Lipinski definition) is 7. The molecule has 1 amide bonds. The van der Waals surface area contributed by atoms with E-state index in [9.17, 15) is 13.6 Å². The number of fused-ring (bicyclic) bond motifs is 3. The van der Waals surface area contributed by atoms with E-state index in [1.54, 1.807) is 35.6 Å². The number of nitrogens with zero attached hydrogens (tertiary/aromatic N) is 2. The van der Waals surface area contributed by atoms with Crippen molar-refractivity contribution >= 4 is 62.5 Å². The Bertz CT molecular complexity index is 1040. The average Bonchev–Trinajstić information content (AvgIpc) is 3.06. The number of thioether (sulfide) groups is 2. The highest BCUT2D eigenvalue weighted by Crippen LogP contribution is 2.38. The molecule has 2 heterocycles. The number of hydrogen-bond donors (Lipinski definition) is 2. The third kappa shape index (κ3) is 4.81. The van der Waals surface area contributed by atoms with Crippen LogP contribution in [0.4, 0.5) is 20.3 Å². The van der Waals surface area contributed by atoms with Crippen molar-refractivity contribution in [2.45, 2.75) is 41.5 Å². The molecule has 0 fully saturated rings. The molecule has 0 spiro atoms. The van der Waals surface area contributed by atoms with Gasteiger partial charge in [0.15, 0.2) is 5.16 Å². The predicted molar refractivity (Wildman–Crippen MR) is 116 cm³/mol. The van der Waals surface area contributed by atoms with Crippen LogP contribution in [-0.4, -0.2) is 27.4 Å². The molecule has 5 nitrogen and oxygen atoms in total. The third-order valence-corrected chi connectivity index (χ3v) is 7.27. The van der Waals surface area contributed by atoms with Gasteiger partial charge in [0, 0.05) is 15.5 Å². The minimum absolute atomic E-state index is 0.129. The first kappa shape index (κ1) is 20.4. The molecule has 152 valence electrons. The van der Waals surface area contributed by atoms with Gasteiger partial charge in [0.1, 0.15) is 10.6 Å². The number of alkyl halides is 2. The summed E-state index contributed by atoms with van der Waals surface area (Å²) in [4.78, 5) is 23.9. The molecule has 0 radical (unpaired) electrons. The van der Waals surface area contributed by atoms with Crippen LogP contribution in [0.1, 0.15) is 23.3 Å². The average molecular weight is 453 g/mol. The first-order valence-electron chi connectivity index (χ1n) is 9.05. The normalized spacial score (nSPS) is 13.6. The number of rotatable bonds is 6. The lowest BCUT2D eigenvalue weighted by Gasteiger charge is -2.10. The summed E-state index contributed by atoms with van der Waals surface area (Å²) in [6.07, 6.45) is 4.44. The van der Waals surface area contributed by atoms with Gasteiger partial charge < -0.3 is 11.1 Å². The van der Waals surface area contributed by atoms with Gasteiger partial charge in [0.05, 0.1) is 11.1 Å². The summed E-state index contributed by atoms with van der Waals surface area (Å²) >= 11 is 3.36. The quantitative estimate of drug-likeness (QED) is 0.395. The number of carbonyl (C=O) groups is 1. The third-order valence-electron chi connectivity index (χ3n) is 4.52. The second-order valence-electron chi connectivity index (χ2n) is 6.52. The molecule has 1 aliphatic carbocycles. The zero-order chi connectivity index (χ0) is 20.4. The Kier molecular flexibility index (Phi) is 6.21. The number of aromatic nitrogens is 2. The van der Waals surface area contributed by atoms with Crippen molar-refractivity contribution in [1.82, 2.24) is 9.97 Å². The molecule has 4 rings (SSSR count). The van der Waals surface area contributed by atoms with Gasteiger partial charge in [-0.2, -0.15) is 8.78 Å². The number of nitrogens with two attached hydrogens (primary N) is 1. The molecule has 29 heavy (non-hydrogen) atoms. The zero-order valence-corrected chi connectivity index (χ0v) is 17.7. The van der Waals surface area contributed by atoms with Crippen molar-refractivity contribution in [3.8, 4) is 0 Å². The number of carbonyl (C=O) groups excluding carboxylic acids is 1. The number of thiophene rings is 1. The van der Waals surface area contributed by atoms with E-state index in [1.165, 1.54) is 28.6 Å².